The normalized spacial score (nSPS) is 26.1. The third-order valence-corrected chi connectivity index (χ3v) is 5.71. The number of nitrogens with zero attached hydrogens (tertiary/aromatic N) is 4. The zero-order chi connectivity index (χ0) is 19.0. The van der Waals surface area contributed by atoms with Crippen molar-refractivity contribution in [1.82, 2.24) is 24.5 Å². The molecule has 1 saturated carbocycles. The minimum absolute atomic E-state index is 0.184. The predicted octanol–water partition coefficient (Wildman–Crippen LogP) is 0.690. The van der Waals surface area contributed by atoms with Gasteiger partial charge in [-0.1, -0.05) is 30.9 Å². The highest BCUT2D eigenvalue weighted by Crippen LogP contribution is 2.36. The first-order chi connectivity index (χ1) is 13.0. The maximum absolute atomic E-state index is 12.1. The number of ether oxygens (including phenoxy) is 1. The molecule has 4 rings (SSSR count). The summed E-state index contributed by atoms with van der Waals surface area (Å²) in [6, 6.07) is -0.219. The molecule has 0 amide bonds. The summed E-state index contributed by atoms with van der Waals surface area (Å²) >= 11 is 0. The van der Waals surface area contributed by atoms with E-state index in [2.05, 4.69) is 15.3 Å². The predicted molar refractivity (Wildman–Crippen MR) is 96.4 cm³/mol. The number of hydrogen-bond acceptors (Lipinski definition) is 6. The summed E-state index contributed by atoms with van der Waals surface area (Å²) in [5.74, 6) is 0.680. The van der Waals surface area contributed by atoms with Crippen molar-refractivity contribution in [3.63, 3.8) is 0 Å². The summed E-state index contributed by atoms with van der Waals surface area (Å²) in [5.41, 5.74) is 0.465. The fourth-order valence-electron chi connectivity index (χ4n) is 4.21. The number of aliphatic hydroxyl groups excluding tert-OH is 1. The number of nitrogens with one attached hydrogen (secondary N) is 1. The maximum Gasteiger partial charge on any atom is 0.330 e. The zero-order valence-corrected chi connectivity index (χ0v) is 15.4. The molecular formula is C18H25N5O4. The van der Waals surface area contributed by atoms with Gasteiger partial charge in [-0.05, 0) is 19.3 Å². The van der Waals surface area contributed by atoms with E-state index in [0.29, 0.717) is 17.9 Å². The molecule has 9 nitrogen and oxygen atoms in total. The lowest BCUT2D eigenvalue weighted by atomic mass is 10.0. The van der Waals surface area contributed by atoms with E-state index in [4.69, 9.17) is 4.74 Å². The molecule has 1 unspecified atom stereocenters. The van der Waals surface area contributed by atoms with Gasteiger partial charge in [0.15, 0.2) is 0 Å². The third kappa shape index (κ3) is 3.61. The van der Waals surface area contributed by atoms with Gasteiger partial charge in [-0.3, -0.25) is 14.3 Å². The second-order valence-electron chi connectivity index (χ2n) is 7.64. The van der Waals surface area contributed by atoms with Crippen molar-refractivity contribution >= 4 is 0 Å². The van der Waals surface area contributed by atoms with Crippen LogP contribution in [0.15, 0.2) is 22.0 Å². The highest BCUT2D eigenvalue weighted by Gasteiger charge is 2.38. The van der Waals surface area contributed by atoms with E-state index < -0.39 is 23.6 Å². The Bertz CT molecular complexity index is 911. The molecule has 0 bridgehead atoms. The van der Waals surface area contributed by atoms with Crippen LogP contribution < -0.4 is 11.2 Å². The molecule has 3 atom stereocenters. The van der Waals surface area contributed by atoms with Crippen LogP contribution in [0.1, 0.15) is 55.6 Å². The average molecular weight is 375 g/mol. The minimum Gasteiger partial charge on any atom is -0.394 e. The average Bonchev–Trinajstić information content (AvgIpc) is 3.38. The number of rotatable bonds is 5. The van der Waals surface area contributed by atoms with Crippen LogP contribution in [-0.2, 0) is 11.2 Å². The number of H-pyrrole nitrogens is 1. The van der Waals surface area contributed by atoms with Gasteiger partial charge >= 0.3 is 5.69 Å². The monoisotopic (exact) mass is 375 g/mol. The van der Waals surface area contributed by atoms with Crippen molar-refractivity contribution in [2.45, 2.75) is 63.8 Å². The Morgan fingerprint density at radius 2 is 2.07 bits per heavy atom. The summed E-state index contributed by atoms with van der Waals surface area (Å²) in [7, 11) is 0. The topological polar surface area (TPSA) is 115 Å². The van der Waals surface area contributed by atoms with E-state index in [9.17, 15) is 14.7 Å². The van der Waals surface area contributed by atoms with Crippen LogP contribution in [0.3, 0.4) is 0 Å². The molecular weight excluding hydrogens is 350 g/mol. The van der Waals surface area contributed by atoms with Gasteiger partial charge in [-0.15, -0.1) is 5.10 Å². The van der Waals surface area contributed by atoms with Crippen molar-refractivity contribution in [3.8, 4) is 0 Å². The Kier molecular flexibility index (Phi) is 4.96. The van der Waals surface area contributed by atoms with Crippen LogP contribution in [0.25, 0.3) is 0 Å². The molecule has 1 aliphatic heterocycles. The number of hydrogen-bond donors (Lipinski definition) is 2. The quantitative estimate of drug-likeness (QED) is 0.795. The van der Waals surface area contributed by atoms with Gasteiger partial charge in [0.05, 0.1) is 18.3 Å². The maximum atomic E-state index is 12.1. The SMILES string of the molecule is Cc1cn([C@H]2C[C@H](n3cc(CC4CCCC4)nn3)C(CO)O2)c(=O)[nH]c1=O. The number of aromatic nitrogens is 5. The van der Waals surface area contributed by atoms with E-state index >= 15 is 0 Å². The lowest BCUT2D eigenvalue weighted by Gasteiger charge is -2.15. The van der Waals surface area contributed by atoms with Crippen LogP contribution in [0.5, 0.6) is 0 Å². The second-order valence-corrected chi connectivity index (χ2v) is 7.64. The van der Waals surface area contributed by atoms with Crippen molar-refractivity contribution in [3.05, 3.63) is 44.5 Å². The summed E-state index contributed by atoms with van der Waals surface area (Å²) in [6.45, 7) is 1.45. The Morgan fingerprint density at radius 1 is 1.30 bits per heavy atom. The lowest BCUT2D eigenvalue weighted by molar-refractivity contribution is -0.0323. The molecule has 1 aliphatic carbocycles. The molecule has 2 aromatic heterocycles. The molecule has 2 fully saturated rings. The Hall–Kier alpha value is -2.26. The second kappa shape index (κ2) is 7.40. The van der Waals surface area contributed by atoms with Crippen LogP contribution in [0.2, 0.25) is 0 Å². The molecule has 146 valence electrons. The van der Waals surface area contributed by atoms with Gasteiger partial charge in [-0.25, -0.2) is 9.48 Å². The first-order valence-corrected chi connectivity index (χ1v) is 9.54. The van der Waals surface area contributed by atoms with E-state index in [1.165, 1.54) is 36.4 Å². The highest BCUT2D eigenvalue weighted by atomic mass is 16.5. The Balaban J connectivity index is 1.53. The van der Waals surface area contributed by atoms with Crippen molar-refractivity contribution in [2.75, 3.05) is 6.61 Å². The molecule has 2 N–H and O–H groups in total. The van der Waals surface area contributed by atoms with E-state index in [-0.39, 0.29) is 12.6 Å². The molecule has 0 aromatic carbocycles. The Labute approximate surface area is 156 Å². The van der Waals surface area contributed by atoms with Crippen LogP contribution >= 0.6 is 0 Å². The molecule has 0 radical (unpaired) electrons. The van der Waals surface area contributed by atoms with Gasteiger partial charge < -0.3 is 9.84 Å². The first kappa shape index (κ1) is 18.1. The first-order valence-electron chi connectivity index (χ1n) is 9.54. The molecule has 2 aliphatic rings. The van der Waals surface area contributed by atoms with Gasteiger partial charge in [0, 0.05) is 24.4 Å². The number of aromatic amines is 1. The highest BCUT2D eigenvalue weighted by molar-refractivity contribution is 5.03. The fraction of sp³-hybridized carbons (Fsp3) is 0.667. The summed E-state index contributed by atoms with van der Waals surface area (Å²) < 4.78 is 9.00. The number of aliphatic hydroxyl groups is 1. The van der Waals surface area contributed by atoms with Crippen LogP contribution in [0.4, 0.5) is 0 Å². The van der Waals surface area contributed by atoms with Crippen molar-refractivity contribution in [1.29, 1.82) is 0 Å². The molecule has 1 saturated heterocycles. The van der Waals surface area contributed by atoms with E-state index in [1.54, 1.807) is 11.6 Å². The minimum atomic E-state index is -0.572. The van der Waals surface area contributed by atoms with Gasteiger partial charge in [0.25, 0.3) is 5.56 Å². The van der Waals surface area contributed by atoms with Gasteiger partial charge in [0.1, 0.15) is 12.3 Å². The third-order valence-electron chi connectivity index (χ3n) is 5.71. The van der Waals surface area contributed by atoms with Crippen molar-refractivity contribution in [2.24, 2.45) is 5.92 Å². The van der Waals surface area contributed by atoms with Crippen molar-refractivity contribution < 1.29 is 9.84 Å². The lowest BCUT2D eigenvalue weighted by Crippen LogP contribution is -2.33. The molecule has 3 heterocycles. The molecule has 2 aromatic rings. The molecule has 0 spiro atoms. The largest absolute Gasteiger partial charge is 0.394 e. The Morgan fingerprint density at radius 3 is 2.81 bits per heavy atom. The molecule has 27 heavy (non-hydrogen) atoms. The van der Waals surface area contributed by atoms with Crippen LogP contribution in [0, 0.1) is 12.8 Å². The van der Waals surface area contributed by atoms with E-state index in [1.807, 2.05) is 6.20 Å². The number of aryl methyl sites for hydroxylation is 1. The molecule has 9 heteroatoms. The van der Waals surface area contributed by atoms with Gasteiger partial charge in [0.2, 0.25) is 0 Å². The smallest absolute Gasteiger partial charge is 0.330 e. The zero-order valence-electron chi connectivity index (χ0n) is 15.4. The summed E-state index contributed by atoms with van der Waals surface area (Å²) in [4.78, 5) is 26.0. The summed E-state index contributed by atoms with van der Waals surface area (Å²) in [6.07, 6.45) is 8.82. The summed E-state index contributed by atoms with van der Waals surface area (Å²) in [5, 5.41) is 18.3. The van der Waals surface area contributed by atoms with Crippen LogP contribution in [-0.4, -0.2) is 42.4 Å². The van der Waals surface area contributed by atoms with E-state index in [0.717, 1.165) is 12.1 Å². The fourth-order valence-corrected chi connectivity index (χ4v) is 4.21. The van der Waals surface area contributed by atoms with Gasteiger partial charge in [-0.2, -0.15) is 0 Å². The standard InChI is InChI=1S/C18H25N5O4/c1-11-8-22(18(26)19-17(11)25)16-7-14(15(10-24)27-16)23-9-13(20-21-23)6-12-4-2-3-5-12/h8-9,12,14-16,24H,2-7,10H2,1H3,(H,19,25,26)/t14-,15?,16+/m0/s1.